The van der Waals surface area contributed by atoms with E-state index in [1.807, 2.05) is 70.0 Å². The lowest BCUT2D eigenvalue weighted by atomic mass is 10.0. The van der Waals surface area contributed by atoms with Crippen LogP contribution in [0.25, 0.3) is 22.0 Å². The topological polar surface area (TPSA) is 150 Å². The van der Waals surface area contributed by atoms with Crippen molar-refractivity contribution < 1.29 is 27.7 Å². The van der Waals surface area contributed by atoms with E-state index in [1.165, 1.54) is 0 Å². The van der Waals surface area contributed by atoms with Crippen LogP contribution in [0.5, 0.6) is 5.75 Å². The van der Waals surface area contributed by atoms with Gasteiger partial charge in [0.2, 0.25) is 0 Å². The number of para-hydroxylation sites is 1. The van der Waals surface area contributed by atoms with Gasteiger partial charge in [-0.2, -0.15) is 0 Å². The first-order chi connectivity index (χ1) is 24.5. The Morgan fingerprint density at radius 1 is 0.863 bits per heavy atom. The Kier molecular flexibility index (Phi) is 10.2. The quantitative estimate of drug-likeness (QED) is 0.105. The van der Waals surface area contributed by atoms with E-state index in [0.29, 0.717) is 23.1 Å². The number of nitro groups is 1. The summed E-state index contributed by atoms with van der Waals surface area (Å²) in [5.41, 5.74) is 4.19. The number of fused-ring (bicyclic) bond motifs is 1. The molecule has 0 aliphatic rings. The number of aromatic nitrogens is 1. The molecular weight excluding hydrogens is 692 g/mol. The number of methoxy groups -OCH3 is 1. The molecule has 0 aliphatic heterocycles. The van der Waals surface area contributed by atoms with Crippen LogP contribution in [0.2, 0.25) is 5.02 Å². The molecule has 5 aromatic carbocycles. The van der Waals surface area contributed by atoms with Crippen LogP contribution in [-0.4, -0.2) is 42.9 Å². The number of carbonyl (C=O) groups excluding carboxylic acids is 2. The first-order valence-corrected chi connectivity index (χ1v) is 17.5. The third-order valence-electron chi connectivity index (χ3n) is 8.33. The van der Waals surface area contributed by atoms with E-state index < -0.39 is 43.4 Å². The van der Waals surface area contributed by atoms with Crippen molar-refractivity contribution in [3.05, 3.63) is 159 Å². The molecule has 1 atom stereocenters. The summed E-state index contributed by atoms with van der Waals surface area (Å²) in [6.45, 7) is 0.454. The zero-order valence-corrected chi connectivity index (χ0v) is 28.7. The van der Waals surface area contributed by atoms with E-state index in [4.69, 9.17) is 16.3 Å². The van der Waals surface area contributed by atoms with Gasteiger partial charge in [0.25, 0.3) is 27.5 Å². The number of nitro benzene ring substituents is 1. The summed E-state index contributed by atoms with van der Waals surface area (Å²) in [7, 11) is -2.96. The van der Waals surface area contributed by atoms with E-state index >= 15 is 0 Å². The summed E-state index contributed by atoms with van der Waals surface area (Å²) < 4.78 is 35.6. The minimum Gasteiger partial charge on any atom is -0.497 e. The molecule has 1 aromatic heterocycles. The van der Waals surface area contributed by atoms with E-state index in [-0.39, 0.29) is 11.4 Å². The van der Waals surface area contributed by atoms with Crippen LogP contribution >= 0.6 is 11.6 Å². The molecule has 51 heavy (non-hydrogen) atoms. The predicted molar refractivity (Wildman–Crippen MR) is 194 cm³/mol. The molecule has 2 amide bonds. The van der Waals surface area contributed by atoms with Crippen molar-refractivity contribution in [1.29, 1.82) is 0 Å². The van der Waals surface area contributed by atoms with Crippen molar-refractivity contribution in [3.8, 4) is 16.9 Å². The number of nitrogens with zero attached hydrogens (tertiary/aromatic N) is 2. The molecule has 0 bridgehead atoms. The van der Waals surface area contributed by atoms with Crippen LogP contribution in [0.4, 0.5) is 5.69 Å². The zero-order valence-electron chi connectivity index (χ0n) is 27.2. The van der Waals surface area contributed by atoms with Crippen molar-refractivity contribution in [2.75, 3.05) is 7.11 Å². The molecule has 1 heterocycles. The van der Waals surface area contributed by atoms with Gasteiger partial charge in [-0.1, -0.05) is 96.5 Å². The highest BCUT2D eigenvalue weighted by atomic mass is 35.5. The first kappa shape index (κ1) is 34.9. The average molecular weight is 723 g/mol. The van der Waals surface area contributed by atoms with E-state index in [0.717, 1.165) is 46.2 Å². The molecule has 258 valence electrons. The highest BCUT2D eigenvalue weighted by molar-refractivity contribution is 7.90. The van der Waals surface area contributed by atoms with Crippen molar-refractivity contribution in [1.82, 2.24) is 14.6 Å². The number of rotatable bonds is 12. The Morgan fingerprint density at radius 3 is 2.18 bits per heavy atom. The third-order valence-corrected chi connectivity index (χ3v) is 9.99. The average Bonchev–Trinajstić information content (AvgIpc) is 3.50. The van der Waals surface area contributed by atoms with Crippen molar-refractivity contribution in [3.63, 3.8) is 0 Å². The number of nitrogens with one attached hydrogen (secondary N) is 2. The molecule has 6 aromatic rings. The summed E-state index contributed by atoms with van der Waals surface area (Å²) in [6.07, 6.45) is 1.67. The second-order valence-electron chi connectivity index (χ2n) is 11.7. The lowest BCUT2D eigenvalue weighted by molar-refractivity contribution is -0.384. The maximum absolute atomic E-state index is 13.9. The Morgan fingerprint density at radius 2 is 1.51 bits per heavy atom. The summed E-state index contributed by atoms with van der Waals surface area (Å²) in [6, 6.07) is 33.6. The molecule has 2 N–H and O–H groups in total. The lowest BCUT2D eigenvalue weighted by Crippen LogP contribution is -2.49. The van der Waals surface area contributed by atoms with Gasteiger partial charge in [-0.15, -0.1) is 0 Å². The van der Waals surface area contributed by atoms with Gasteiger partial charge in [-0.05, 0) is 52.6 Å². The van der Waals surface area contributed by atoms with Crippen molar-refractivity contribution >= 4 is 50.0 Å². The molecule has 0 radical (unpaired) electrons. The van der Waals surface area contributed by atoms with Crippen LogP contribution in [0.15, 0.2) is 132 Å². The van der Waals surface area contributed by atoms with Gasteiger partial charge in [0.05, 0.1) is 22.5 Å². The monoisotopic (exact) mass is 722 g/mol. The minimum absolute atomic E-state index is 0.0338. The Bertz CT molecular complexity index is 2340. The molecule has 13 heteroatoms. The first-order valence-electron chi connectivity index (χ1n) is 15.7. The van der Waals surface area contributed by atoms with Gasteiger partial charge in [-0.3, -0.25) is 19.7 Å². The van der Waals surface area contributed by atoms with Gasteiger partial charge in [0, 0.05) is 36.1 Å². The van der Waals surface area contributed by atoms with Crippen LogP contribution in [0.3, 0.4) is 0 Å². The van der Waals surface area contributed by atoms with E-state index in [2.05, 4.69) is 5.32 Å². The number of amides is 2. The minimum atomic E-state index is -4.58. The second-order valence-corrected chi connectivity index (χ2v) is 13.8. The van der Waals surface area contributed by atoms with E-state index in [9.17, 15) is 28.1 Å². The zero-order chi connectivity index (χ0) is 36.1. The summed E-state index contributed by atoms with van der Waals surface area (Å²) in [5, 5.41) is 14.5. The molecule has 0 saturated heterocycles. The molecule has 0 spiro atoms. The smallest absolute Gasteiger partial charge is 0.289 e. The summed E-state index contributed by atoms with van der Waals surface area (Å²) >= 11 is 5.85. The molecule has 0 saturated carbocycles. The number of carbonyl (C=O) groups is 2. The summed E-state index contributed by atoms with van der Waals surface area (Å²) in [4.78, 5) is 37.5. The predicted octanol–water partition coefficient (Wildman–Crippen LogP) is 6.77. The van der Waals surface area contributed by atoms with Crippen LogP contribution in [0, 0.1) is 10.1 Å². The number of sulfonamides is 1. The lowest BCUT2D eigenvalue weighted by Gasteiger charge is -2.19. The fourth-order valence-corrected chi connectivity index (χ4v) is 6.92. The van der Waals surface area contributed by atoms with Gasteiger partial charge >= 0.3 is 0 Å². The van der Waals surface area contributed by atoms with Crippen LogP contribution < -0.4 is 14.8 Å². The second kappa shape index (κ2) is 14.9. The third kappa shape index (κ3) is 7.93. The molecule has 11 nitrogen and oxygen atoms in total. The number of ether oxygens (including phenoxy) is 1. The maximum Gasteiger partial charge on any atom is 0.289 e. The van der Waals surface area contributed by atoms with Crippen LogP contribution in [0.1, 0.15) is 21.5 Å². The number of halogens is 1. The van der Waals surface area contributed by atoms with Crippen LogP contribution in [-0.2, 0) is 27.8 Å². The molecule has 6 rings (SSSR count). The summed E-state index contributed by atoms with van der Waals surface area (Å²) in [5.74, 6) is -0.834. The standard InChI is InChI=1S/C38H31ClN4O7S/c1-50-29-17-15-28(16-18-29)27-13-11-26(12-14-27)23-42-24-32(31-9-5-6-10-35(31)42)37(44)40-34(21-25-7-3-2-4-8-25)38(45)41-51(48,49)30-19-20-33(39)36(22-30)43(46)47/h2-20,22,24,34H,21,23H2,1H3,(H,40,44)(H,41,45)/t34-/m0/s1. The molecular formula is C38H31ClN4O7S. The highest BCUT2D eigenvalue weighted by Gasteiger charge is 2.29. The largest absolute Gasteiger partial charge is 0.497 e. The number of benzene rings is 5. The Hall–Kier alpha value is -5.98. The van der Waals surface area contributed by atoms with Gasteiger partial charge in [0.15, 0.2) is 0 Å². The van der Waals surface area contributed by atoms with Gasteiger partial charge in [0.1, 0.15) is 16.8 Å². The molecule has 0 unspecified atom stereocenters. The highest BCUT2D eigenvalue weighted by Crippen LogP contribution is 2.28. The fraction of sp³-hybridized carbons (Fsp3) is 0.105. The van der Waals surface area contributed by atoms with Crippen molar-refractivity contribution in [2.45, 2.75) is 23.9 Å². The van der Waals surface area contributed by atoms with Gasteiger partial charge < -0.3 is 14.6 Å². The fourth-order valence-electron chi connectivity index (χ4n) is 5.70. The Balaban J connectivity index is 1.25. The molecule has 0 fully saturated rings. The molecule has 0 aliphatic carbocycles. The maximum atomic E-state index is 13.9. The SMILES string of the molecule is COc1ccc(-c2ccc(Cn3cc(C(=O)N[C@@H](Cc4ccccc4)C(=O)NS(=O)(=O)c4ccc(Cl)c([N+](=O)[O-])c4)c4ccccc43)cc2)cc1. The number of hydrogen-bond acceptors (Lipinski definition) is 7. The number of hydrogen-bond donors (Lipinski definition) is 2. The normalized spacial score (nSPS) is 11.9. The van der Waals surface area contributed by atoms with E-state index in [1.54, 1.807) is 55.8 Å². The Labute approximate surface area is 298 Å². The van der Waals surface area contributed by atoms with Crippen molar-refractivity contribution in [2.24, 2.45) is 0 Å². The van der Waals surface area contributed by atoms with Gasteiger partial charge in [-0.25, -0.2) is 13.1 Å².